The van der Waals surface area contributed by atoms with Gasteiger partial charge in [0.1, 0.15) is 6.04 Å². The summed E-state index contributed by atoms with van der Waals surface area (Å²) >= 11 is 0. The van der Waals surface area contributed by atoms with Gasteiger partial charge in [-0.25, -0.2) is 0 Å². The summed E-state index contributed by atoms with van der Waals surface area (Å²) in [6.45, 7) is 5.30. The minimum atomic E-state index is -1.80. The Morgan fingerprint density at radius 1 is 0.906 bits per heavy atom. The topological polar surface area (TPSA) is 101 Å². The summed E-state index contributed by atoms with van der Waals surface area (Å²) < 4.78 is 48.1. The summed E-state index contributed by atoms with van der Waals surface area (Å²) in [6.07, 6.45) is -1.01. The Kier molecular flexibility index (Phi) is 10.5. The van der Waals surface area contributed by atoms with E-state index in [9.17, 15) is 36.7 Å². The van der Waals surface area contributed by atoms with E-state index >= 15 is 0 Å². The minimum Gasteiger partial charge on any atom is -0.368 e. The maximum absolute atomic E-state index is 12.0. The largest absolute Gasteiger partial charge is 0.368 e. The SMILES string of the molecule is CCC(C(C)=O)N1C[C@H](C=C(F)F)CC1=O.CCC(C(N)=O)N1C[C@H](C=C(F)F)CC1=O. The predicted molar refractivity (Wildman–Crippen MR) is 108 cm³/mol. The van der Waals surface area contributed by atoms with Gasteiger partial charge in [-0.3, -0.25) is 19.2 Å². The molecule has 0 aromatic rings. The maximum atomic E-state index is 12.0. The van der Waals surface area contributed by atoms with Gasteiger partial charge >= 0.3 is 0 Å². The molecule has 2 unspecified atom stereocenters. The fourth-order valence-electron chi connectivity index (χ4n) is 4.01. The number of likely N-dealkylation sites (tertiary alicyclic amines) is 2. The van der Waals surface area contributed by atoms with E-state index in [0.29, 0.717) is 12.8 Å². The summed E-state index contributed by atoms with van der Waals surface area (Å²) in [5.41, 5.74) is 5.14. The molecule has 11 heteroatoms. The number of nitrogens with zero attached hydrogens (tertiary/aromatic N) is 2. The lowest BCUT2D eigenvalue weighted by Gasteiger charge is -2.24. The Morgan fingerprint density at radius 2 is 1.28 bits per heavy atom. The van der Waals surface area contributed by atoms with Crippen LogP contribution in [0.5, 0.6) is 0 Å². The van der Waals surface area contributed by atoms with Crippen LogP contribution >= 0.6 is 0 Å². The lowest BCUT2D eigenvalue weighted by molar-refractivity contribution is -0.136. The summed E-state index contributed by atoms with van der Waals surface area (Å²) in [4.78, 5) is 48.1. The van der Waals surface area contributed by atoms with E-state index in [1.807, 2.05) is 0 Å². The van der Waals surface area contributed by atoms with Crippen molar-refractivity contribution in [1.29, 1.82) is 0 Å². The van der Waals surface area contributed by atoms with Crippen molar-refractivity contribution >= 4 is 23.5 Å². The Bertz CT molecular complexity index is 715. The Hall–Kier alpha value is -2.72. The van der Waals surface area contributed by atoms with Crippen LogP contribution in [0, 0.1) is 11.8 Å². The van der Waals surface area contributed by atoms with Gasteiger partial charge in [0.25, 0.3) is 12.2 Å². The lowest BCUT2D eigenvalue weighted by atomic mass is 10.1. The molecule has 180 valence electrons. The second-order valence-corrected chi connectivity index (χ2v) is 7.79. The number of carbonyl (C=O) groups is 4. The van der Waals surface area contributed by atoms with Crippen LogP contribution in [0.15, 0.2) is 24.3 Å². The van der Waals surface area contributed by atoms with Gasteiger partial charge in [-0.05, 0) is 31.9 Å². The highest BCUT2D eigenvalue weighted by atomic mass is 19.3. The van der Waals surface area contributed by atoms with Crippen molar-refractivity contribution in [2.45, 2.75) is 58.5 Å². The fourth-order valence-corrected chi connectivity index (χ4v) is 4.01. The van der Waals surface area contributed by atoms with Gasteiger partial charge < -0.3 is 15.5 Å². The summed E-state index contributed by atoms with van der Waals surface area (Å²) in [5.74, 6) is -2.20. The van der Waals surface area contributed by atoms with Crippen LogP contribution in [0.1, 0.15) is 46.5 Å². The zero-order chi connectivity index (χ0) is 24.6. The molecule has 0 spiro atoms. The zero-order valence-corrected chi connectivity index (χ0v) is 18.3. The molecule has 3 amide bonds. The first-order chi connectivity index (χ1) is 14.9. The molecular formula is C21H29F4N3O4. The molecule has 7 nitrogen and oxygen atoms in total. The molecule has 0 bridgehead atoms. The van der Waals surface area contributed by atoms with Crippen molar-refractivity contribution in [3.05, 3.63) is 24.3 Å². The first-order valence-corrected chi connectivity index (χ1v) is 10.3. The van der Waals surface area contributed by atoms with Crippen LogP contribution in [0.3, 0.4) is 0 Å². The van der Waals surface area contributed by atoms with Crippen molar-refractivity contribution in [2.24, 2.45) is 17.6 Å². The second kappa shape index (κ2) is 12.4. The average molecular weight is 463 g/mol. The van der Waals surface area contributed by atoms with E-state index in [1.165, 1.54) is 16.7 Å². The highest BCUT2D eigenvalue weighted by Gasteiger charge is 2.36. The zero-order valence-electron chi connectivity index (χ0n) is 18.3. The molecule has 0 aromatic heterocycles. The van der Waals surface area contributed by atoms with Crippen LogP contribution in [0.25, 0.3) is 0 Å². The first kappa shape index (κ1) is 27.3. The molecule has 2 aliphatic heterocycles. The number of nitrogens with two attached hydrogens (primary N) is 1. The van der Waals surface area contributed by atoms with Crippen LogP contribution in [-0.4, -0.2) is 58.5 Å². The number of primary amides is 1. The lowest BCUT2D eigenvalue weighted by Crippen LogP contribution is -2.45. The van der Waals surface area contributed by atoms with Crippen molar-refractivity contribution in [3.8, 4) is 0 Å². The third kappa shape index (κ3) is 7.76. The molecule has 2 aliphatic rings. The number of amides is 3. The van der Waals surface area contributed by atoms with Gasteiger partial charge in [0.2, 0.25) is 17.7 Å². The highest BCUT2D eigenvalue weighted by molar-refractivity contribution is 5.89. The number of Topliss-reactive ketones (excluding diaryl/α,β-unsaturated/α-hetero) is 1. The van der Waals surface area contributed by atoms with Crippen molar-refractivity contribution < 1.29 is 36.7 Å². The number of halogens is 4. The summed E-state index contributed by atoms with van der Waals surface area (Å²) in [7, 11) is 0. The van der Waals surface area contributed by atoms with Crippen molar-refractivity contribution in [1.82, 2.24) is 9.80 Å². The molecule has 0 aromatic carbocycles. The first-order valence-electron chi connectivity index (χ1n) is 10.3. The molecule has 2 fully saturated rings. The summed E-state index contributed by atoms with van der Waals surface area (Å²) in [6, 6.07) is -1.15. The van der Waals surface area contributed by atoms with E-state index < -0.39 is 42.0 Å². The molecule has 0 aliphatic carbocycles. The molecular weight excluding hydrogens is 434 g/mol. The fraction of sp³-hybridized carbons (Fsp3) is 0.619. The maximum Gasteiger partial charge on any atom is 0.266 e. The molecule has 0 saturated carbocycles. The van der Waals surface area contributed by atoms with Gasteiger partial charge in [-0.15, -0.1) is 0 Å². The second-order valence-electron chi connectivity index (χ2n) is 7.79. The van der Waals surface area contributed by atoms with Gasteiger partial charge in [0.15, 0.2) is 5.78 Å². The third-order valence-electron chi connectivity index (χ3n) is 5.42. The van der Waals surface area contributed by atoms with Crippen LogP contribution in [-0.2, 0) is 19.2 Å². The number of hydrogen-bond donors (Lipinski definition) is 1. The van der Waals surface area contributed by atoms with E-state index in [1.54, 1.807) is 13.8 Å². The van der Waals surface area contributed by atoms with Crippen LogP contribution in [0.4, 0.5) is 17.6 Å². The monoisotopic (exact) mass is 463 g/mol. The molecule has 2 rings (SSSR count). The summed E-state index contributed by atoms with van der Waals surface area (Å²) in [5, 5.41) is 0. The van der Waals surface area contributed by atoms with E-state index in [0.717, 1.165) is 12.2 Å². The van der Waals surface area contributed by atoms with E-state index in [4.69, 9.17) is 5.73 Å². The molecule has 0 radical (unpaired) electrons. The number of carbonyl (C=O) groups excluding carboxylic acids is 4. The van der Waals surface area contributed by atoms with Gasteiger partial charge in [-0.2, -0.15) is 17.6 Å². The predicted octanol–water partition coefficient (Wildman–Crippen LogP) is 2.86. The Labute approximate surface area is 184 Å². The van der Waals surface area contributed by atoms with Crippen molar-refractivity contribution in [3.63, 3.8) is 0 Å². The average Bonchev–Trinajstić information content (AvgIpc) is 3.17. The molecule has 4 atom stereocenters. The van der Waals surface area contributed by atoms with Crippen molar-refractivity contribution in [2.75, 3.05) is 13.1 Å². The van der Waals surface area contributed by atoms with Gasteiger partial charge in [-0.1, -0.05) is 13.8 Å². The smallest absolute Gasteiger partial charge is 0.266 e. The quantitative estimate of drug-likeness (QED) is 0.560. The highest BCUT2D eigenvalue weighted by Crippen LogP contribution is 2.25. The van der Waals surface area contributed by atoms with E-state index in [-0.39, 0.29) is 43.5 Å². The van der Waals surface area contributed by atoms with Gasteiger partial charge in [0.05, 0.1) is 6.04 Å². The van der Waals surface area contributed by atoms with Crippen LogP contribution in [0.2, 0.25) is 0 Å². The molecule has 2 saturated heterocycles. The molecule has 2 heterocycles. The number of ketones is 1. The normalized spacial score (nSPS) is 22.1. The number of rotatable bonds is 8. The Balaban J connectivity index is 0.000000320. The van der Waals surface area contributed by atoms with Gasteiger partial charge in [0, 0.05) is 37.8 Å². The number of hydrogen-bond acceptors (Lipinski definition) is 4. The van der Waals surface area contributed by atoms with E-state index in [2.05, 4.69) is 0 Å². The third-order valence-corrected chi connectivity index (χ3v) is 5.42. The molecule has 32 heavy (non-hydrogen) atoms. The van der Waals surface area contributed by atoms with Crippen LogP contribution < -0.4 is 5.73 Å². The minimum absolute atomic E-state index is 0.0150. The molecule has 2 N–H and O–H groups in total. The standard InChI is InChI=1S/C11H15F2NO2.C10H14F2N2O2/c1-3-9(7(2)15)14-6-8(4-10(12)13)5-11(14)16;1-2-7(10(13)16)14-5-6(3-8(11)12)4-9(14)15/h4,8-9H,3,5-6H2,1-2H3;3,6-7H,2,4-5H2,1H3,(H2,13,16)/t8-,9?;6-,7?/m11/s1. The Morgan fingerprint density at radius 3 is 1.56 bits per heavy atom.